The molecule has 1 fully saturated rings. The Morgan fingerprint density at radius 1 is 1.28 bits per heavy atom. The Hall–Kier alpha value is -1.35. The highest BCUT2D eigenvalue weighted by atomic mass is 127. The summed E-state index contributed by atoms with van der Waals surface area (Å²) in [5, 5.41) is 6.56. The molecule has 2 N–H and O–H groups in total. The van der Waals surface area contributed by atoms with Crippen LogP contribution in [0.4, 0.5) is 0 Å². The summed E-state index contributed by atoms with van der Waals surface area (Å²) in [6, 6.07) is 10.6. The van der Waals surface area contributed by atoms with Crippen LogP contribution in [-0.4, -0.2) is 56.1 Å². The maximum Gasteiger partial charge on any atom is 0.224 e. The number of rotatable bonds is 9. The summed E-state index contributed by atoms with van der Waals surface area (Å²) in [5.41, 5.74) is 1.19. The summed E-state index contributed by atoms with van der Waals surface area (Å²) in [7, 11) is 1.75. The average molecular weight is 516 g/mol. The Labute approximate surface area is 192 Å². The lowest BCUT2D eigenvalue weighted by atomic mass is 10.0. The number of piperidine rings is 1. The van der Waals surface area contributed by atoms with Crippen LogP contribution in [0.3, 0.4) is 0 Å². The molecule has 0 spiro atoms. The molecule has 1 aromatic carbocycles. The highest BCUT2D eigenvalue weighted by Gasteiger charge is 2.22. The molecule has 29 heavy (non-hydrogen) atoms. The zero-order valence-corrected chi connectivity index (χ0v) is 20.4. The van der Waals surface area contributed by atoms with E-state index in [1.54, 1.807) is 7.05 Å². The van der Waals surface area contributed by atoms with Crippen LogP contribution in [-0.2, 0) is 16.1 Å². The quantitative estimate of drug-likeness (QED) is 0.300. The van der Waals surface area contributed by atoms with Crippen LogP contribution in [0.25, 0.3) is 0 Å². The van der Waals surface area contributed by atoms with Crippen LogP contribution >= 0.6 is 24.0 Å². The Bertz CT molecular complexity index is 612. The molecule has 164 valence electrons. The van der Waals surface area contributed by atoms with Crippen LogP contribution in [0.2, 0.25) is 0 Å². The van der Waals surface area contributed by atoms with Crippen molar-refractivity contribution in [2.24, 2.45) is 10.9 Å². The number of hydrogen-bond donors (Lipinski definition) is 2. The Balaban J connectivity index is 0.00000420. The van der Waals surface area contributed by atoms with Gasteiger partial charge in [0.25, 0.3) is 0 Å². The number of ether oxygens (including phenoxy) is 1. The maximum absolute atomic E-state index is 12.4. The van der Waals surface area contributed by atoms with E-state index in [2.05, 4.69) is 41.6 Å². The second kappa shape index (κ2) is 14.6. The van der Waals surface area contributed by atoms with Gasteiger partial charge in [-0.05, 0) is 37.7 Å². The molecule has 7 heteroatoms. The van der Waals surface area contributed by atoms with Crippen molar-refractivity contribution in [1.29, 1.82) is 0 Å². The maximum atomic E-state index is 12.4. The van der Waals surface area contributed by atoms with Crippen LogP contribution in [0.5, 0.6) is 0 Å². The van der Waals surface area contributed by atoms with E-state index in [4.69, 9.17) is 4.74 Å². The second-order valence-electron chi connectivity index (χ2n) is 7.67. The molecule has 0 aliphatic carbocycles. The Kier molecular flexibility index (Phi) is 12.9. The predicted octanol–water partition coefficient (Wildman–Crippen LogP) is 3.41. The molecule has 2 rings (SSSR count). The second-order valence-corrected chi connectivity index (χ2v) is 7.67. The number of nitrogens with one attached hydrogen (secondary N) is 2. The number of halogens is 1. The number of hydrogen-bond acceptors (Lipinski definition) is 3. The van der Waals surface area contributed by atoms with Gasteiger partial charge < -0.3 is 20.3 Å². The minimum atomic E-state index is 0. The van der Waals surface area contributed by atoms with E-state index in [9.17, 15) is 4.79 Å². The molecule has 1 aliphatic rings. The van der Waals surface area contributed by atoms with E-state index in [1.165, 1.54) is 12.0 Å². The number of benzene rings is 1. The van der Waals surface area contributed by atoms with Crippen LogP contribution < -0.4 is 10.6 Å². The molecule has 0 aromatic heterocycles. The van der Waals surface area contributed by atoms with E-state index in [0.29, 0.717) is 38.1 Å². The van der Waals surface area contributed by atoms with E-state index < -0.39 is 0 Å². The number of nitrogens with zero attached hydrogens (tertiary/aromatic N) is 2. The van der Waals surface area contributed by atoms with E-state index >= 15 is 0 Å². The lowest BCUT2D eigenvalue weighted by Gasteiger charge is -2.33. The highest BCUT2D eigenvalue weighted by Crippen LogP contribution is 2.16. The minimum Gasteiger partial charge on any atom is -0.376 e. The Morgan fingerprint density at radius 3 is 2.72 bits per heavy atom. The summed E-state index contributed by atoms with van der Waals surface area (Å²) in [4.78, 5) is 18.7. The molecule has 2 atom stereocenters. The number of amides is 1. The van der Waals surface area contributed by atoms with Crippen molar-refractivity contribution < 1.29 is 9.53 Å². The third kappa shape index (κ3) is 9.80. The molecule has 1 aliphatic heterocycles. The first-order valence-electron chi connectivity index (χ1n) is 10.5. The Morgan fingerprint density at radius 2 is 2.03 bits per heavy atom. The molecular formula is C22H37IN4O2. The number of carbonyl (C=O) groups excluding carboxylic acids is 1. The number of aliphatic imine (C=N–C) groups is 1. The lowest BCUT2D eigenvalue weighted by molar-refractivity contribution is -0.134. The van der Waals surface area contributed by atoms with Gasteiger partial charge >= 0.3 is 0 Å². The third-order valence-corrected chi connectivity index (χ3v) is 5.11. The number of likely N-dealkylation sites (tertiary alicyclic amines) is 1. The molecule has 1 amide bonds. The van der Waals surface area contributed by atoms with Gasteiger partial charge in [0, 0.05) is 39.1 Å². The smallest absolute Gasteiger partial charge is 0.224 e. The summed E-state index contributed by atoms with van der Waals surface area (Å²) >= 11 is 0. The third-order valence-electron chi connectivity index (χ3n) is 5.11. The first kappa shape index (κ1) is 25.7. The van der Waals surface area contributed by atoms with Gasteiger partial charge in [0.2, 0.25) is 5.91 Å². The lowest BCUT2D eigenvalue weighted by Crippen LogP contribution is -2.45. The summed E-state index contributed by atoms with van der Waals surface area (Å²) < 4.78 is 5.79. The zero-order chi connectivity index (χ0) is 20.2. The van der Waals surface area contributed by atoms with Crippen molar-refractivity contribution in [3.8, 4) is 0 Å². The fourth-order valence-electron chi connectivity index (χ4n) is 3.40. The molecule has 6 nitrogen and oxygen atoms in total. The van der Waals surface area contributed by atoms with E-state index in [0.717, 1.165) is 31.9 Å². The number of guanidine groups is 1. The first-order valence-corrected chi connectivity index (χ1v) is 10.5. The van der Waals surface area contributed by atoms with Gasteiger partial charge in [-0.3, -0.25) is 9.79 Å². The average Bonchev–Trinajstić information content (AvgIpc) is 2.71. The highest BCUT2D eigenvalue weighted by molar-refractivity contribution is 14.0. The monoisotopic (exact) mass is 516 g/mol. The topological polar surface area (TPSA) is 66.0 Å². The van der Waals surface area contributed by atoms with Crippen molar-refractivity contribution in [2.75, 3.05) is 33.3 Å². The van der Waals surface area contributed by atoms with Gasteiger partial charge in [0.05, 0.1) is 13.2 Å². The van der Waals surface area contributed by atoms with Crippen molar-refractivity contribution in [2.45, 2.75) is 52.2 Å². The van der Waals surface area contributed by atoms with Crippen LogP contribution in [0, 0.1) is 5.92 Å². The van der Waals surface area contributed by atoms with E-state index in [1.807, 2.05) is 23.1 Å². The van der Waals surface area contributed by atoms with Crippen molar-refractivity contribution in [3.05, 3.63) is 35.9 Å². The van der Waals surface area contributed by atoms with Gasteiger partial charge in [-0.2, -0.15) is 0 Å². The van der Waals surface area contributed by atoms with Crippen LogP contribution in [0.1, 0.15) is 45.1 Å². The van der Waals surface area contributed by atoms with Gasteiger partial charge in [-0.15, -0.1) is 24.0 Å². The SMILES string of the molecule is CN=C(NCCC(=O)N1CCCCC1C)NCC(C)COCc1ccccc1.I. The van der Waals surface area contributed by atoms with Crippen LogP contribution in [0.15, 0.2) is 35.3 Å². The summed E-state index contributed by atoms with van der Waals surface area (Å²) in [6.07, 6.45) is 3.97. The normalized spacial score (nSPS) is 18.0. The predicted molar refractivity (Wildman–Crippen MR) is 130 cm³/mol. The van der Waals surface area contributed by atoms with Gasteiger partial charge in [0.15, 0.2) is 5.96 Å². The molecule has 1 aromatic rings. The van der Waals surface area contributed by atoms with E-state index in [-0.39, 0.29) is 29.9 Å². The molecule has 0 radical (unpaired) electrons. The largest absolute Gasteiger partial charge is 0.376 e. The molecule has 1 heterocycles. The fraction of sp³-hybridized carbons (Fsp3) is 0.636. The first-order chi connectivity index (χ1) is 13.6. The fourth-order valence-corrected chi connectivity index (χ4v) is 3.40. The minimum absolute atomic E-state index is 0. The van der Waals surface area contributed by atoms with Gasteiger partial charge in [-0.1, -0.05) is 37.3 Å². The zero-order valence-electron chi connectivity index (χ0n) is 18.0. The number of carbonyl (C=O) groups is 1. The standard InChI is InChI=1S/C22H36N4O2.HI/c1-18(16-28-17-20-10-5-4-6-11-20)15-25-22(23-3)24-13-12-21(27)26-14-8-7-9-19(26)2;/h4-6,10-11,18-19H,7-9,12-17H2,1-3H3,(H2,23,24,25);1H. The van der Waals surface area contributed by atoms with Crippen molar-refractivity contribution in [3.63, 3.8) is 0 Å². The molecular weight excluding hydrogens is 479 g/mol. The molecule has 1 saturated heterocycles. The molecule has 0 bridgehead atoms. The van der Waals surface area contributed by atoms with Crippen molar-refractivity contribution >= 4 is 35.8 Å². The molecule has 0 saturated carbocycles. The summed E-state index contributed by atoms with van der Waals surface area (Å²) in [5.74, 6) is 1.32. The van der Waals surface area contributed by atoms with Gasteiger partial charge in [-0.25, -0.2) is 0 Å². The van der Waals surface area contributed by atoms with Gasteiger partial charge in [0.1, 0.15) is 0 Å². The molecule has 2 unspecified atom stereocenters. The summed E-state index contributed by atoms with van der Waals surface area (Å²) in [6.45, 7) is 7.87. The van der Waals surface area contributed by atoms with Crippen molar-refractivity contribution in [1.82, 2.24) is 15.5 Å².